The van der Waals surface area contributed by atoms with Crippen molar-refractivity contribution in [3.05, 3.63) is 75.2 Å². The highest BCUT2D eigenvalue weighted by Gasteiger charge is 2.28. The summed E-state index contributed by atoms with van der Waals surface area (Å²) in [6, 6.07) is 14.3. The van der Waals surface area contributed by atoms with E-state index in [4.69, 9.17) is 16.3 Å². The molecule has 190 valence electrons. The number of carbonyl (C=O) groups is 2. The Balaban J connectivity index is 1.30. The highest BCUT2D eigenvalue weighted by Crippen LogP contribution is 2.22. The van der Waals surface area contributed by atoms with Gasteiger partial charge < -0.3 is 20.7 Å². The highest BCUT2D eigenvalue weighted by atomic mass is 35.5. The normalized spacial score (nSPS) is 17.4. The van der Waals surface area contributed by atoms with Crippen molar-refractivity contribution in [2.75, 3.05) is 5.32 Å². The fraction of sp³-hybridized carbons (Fsp3) is 0.370. The van der Waals surface area contributed by atoms with Gasteiger partial charge in [0.2, 0.25) is 0 Å². The van der Waals surface area contributed by atoms with Crippen LogP contribution in [0.15, 0.2) is 53.9 Å². The molecule has 1 heterocycles. The van der Waals surface area contributed by atoms with E-state index in [9.17, 15) is 9.59 Å². The molecule has 0 radical (unpaired) electrons. The molecule has 1 fully saturated rings. The van der Waals surface area contributed by atoms with Crippen molar-refractivity contribution in [3.8, 4) is 5.75 Å². The monoisotopic (exact) mass is 526 g/mol. The molecule has 2 aromatic carbocycles. The maximum absolute atomic E-state index is 12.9. The van der Waals surface area contributed by atoms with Crippen LogP contribution in [-0.4, -0.2) is 29.0 Å². The van der Waals surface area contributed by atoms with Crippen LogP contribution in [0.5, 0.6) is 5.75 Å². The van der Waals surface area contributed by atoms with E-state index in [0.717, 1.165) is 36.4 Å². The first-order chi connectivity index (χ1) is 17.4. The summed E-state index contributed by atoms with van der Waals surface area (Å²) in [5.41, 5.74) is 2.24. The third-order valence-electron chi connectivity index (χ3n) is 6.17. The molecule has 0 spiro atoms. The van der Waals surface area contributed by atoms with E-state index in [1.807, 2.05) is 12.1 Å². The number of urea groups is 1. The molecule has 9 heteroatoms. The maximum atomic E-state index is 12.9. The van der Waals surface area contributed by atoms with Gasteiger partial charge in [-0.05, 0) is 54.7 Å². The minimum Gasteiger partial charge on any atom is -0.486 e. The van der Waals surface area contributed by atoms with Gasteiger partial charge in [-0.2, -0.15) is 0 Å². The summed E-state index contributed by atoms with van der Waals surface area (Å²) in [6.45, 7) is 4.61. The Labute approximate surface area is 220 Å². The third kappa shape index (κ3) is 7.21. The molecule has 4 rings (SSSR count). The zero-order valence-electron chi connectivity index (χ0n) is 20.4. The van der Waals surface area contributed by atoms with E-state index in [1.165, 1.54) is 16.9 Å². The Morgan fingerprint density at radius 2 is 1.81 bits per heavy atom. The number of anilines is 1. The molecule has 1 aliphatic rings. The summed E-state index contributed by atoms with van der Waals surface area (Å²) in [6.07, 6.45) is 3.57. The van der Waals surface area contributed by atoms with Crippen LogP contribution in [0.3, 0.4) is 0 Å². The van der Waals surface area contributed by atoms with Crippen molar-refractivity contribution in [2.45, 2.75) is 64.1 Å². The molecular weight excluding hydrogens is 496 g/mol. The molecule has 3 N–H and O–H groups in total. The largest absolute Gasteiger partial charge is 0.486 e. The van der Waals surface area contributed by atoms with Crippen molar-refractivity contribution in [1.29, 1.82) is 0 Å². The van der Waals surface area contributed by atoms with Gasteiger partial charge in [0, 0.05) is 22.1 Å². The van der Waals surface area contributed by atoms with Crippen molar-refractivity contribution in [3.63, 3.8) is 0 Å². The lowest BCUT2D eigenvalue weighted by atomic mass is 9.90. The van der Waals surface area contributed by atoms with Crippen molar-refractivity contribution in [2.24, 2.45) is 0 Å². The van der Waals surface area contributed by atoms with Gasteiger partial charge in [-0.1, -0.05) is 56.5 Å². The van der Waals surface area contributed by atoms with Gasteiger partial charge >= 0.3 is 6.03 Å². The molecule has 2 atom stereocenters. The van der Waals surface area contributed by atoms with E-state index in [-0.39, 0.29) is 24.0 Å². The van der Waals surface area contributed by atoms with Crippen LogP contribution in [0.25, 0.3) is 0 Å². The molecule has 1 aliphatic carbocycles. The minimum absolute atomic E-state index is 0.169. The van der Waals surface area contributed by atoms with Gasteiger partial charge in [-0.15, -0.1) is 11.3 Å². The number of hydrogen-bond acceptors (Lipinski definition) is 5. The van der Waals surface area contributed by atoms with Crippen LogP contribution in [0.1, 0.15) is 66.5 Å². The second-order valence-electron chi connectivity index (χ2n) is 9.22. The Morgan fingerprint density at radius 1 is 1.08 bits per heavy atom. The summed E-state index contributed by atoms with van der Waals surface area (Å²) in [5, 5.41) is 11.9. The Morgan fingerprint density at radius 3 is 2.50 bits per heavy atom. The first-order valence-corrected chi connectivity index (χ1v) is 13.4. The van der Waals surface area contributed by atoms with Gasteiger partial charge in [0.05, 0.1) is 6.04 Å². The fourth-order valence-electron chi connectivity index (χ4n) is 4.20. The standard InChI is InChI=1S/C27H31ClN4O3S/c1-17(2)18-10-12-21(13-11-18)35-15-25-30-24(16-36-25)26(33)31-22-8-3-4-9-23(22)32-27(34)29-20-7-5-6-19(28)14-20/h5-7,10-14,16-17,22-23H,3-4,8-9,15H2,1-2H3,(H,31,33)(H2,29,32,34)/t22-,23-/m1/s1. The predicted octanol–water partition coefficient (Wildman–Crippen LogP) is 6.36. The summed E-state index contributed by atoms with van der Waals surface area (Å²) >= 11 is 7.39. The van der Waals surface area contributed by atoms with Crippen LogP contribution in [-0.2, 0) is 6.61 Å². The Bertz CT molecular complexity index is 1180. The molecule has 3 aromatic rings. The van der Waals surface area contributed by atoms with Gasteiger partial charge in [0.25, 0.3) is 5.91 Å². The average molecular weight is 527 g/mol. The number of amides is 3. The number of benzene rings is 2. The number of carbonyl (C=O) groups excluding carboxylic acids is 2. The Hall–Kier alpha value is -3.10. The van der Waals surface area contributed by atoms with Crippen molar-refractivity contribution in [1.82, 2.24) is 15.6 Å². The Kier molecular flexibility index (Phi) is 8.83. The maximum Gasteiger partial charge on any atom is 0.319 e. The second-order valence-corrected chi connectivity index (χ2v) is 10.6. The topological polar surface area (TPSA) is 92.3 Å². The molecule has 0 aliphatic heterocycles. The summed E-state index contributed by atoms with van der Waals surface area (Å²) < 4.78 is 5.84. The summed E-state index contributed by atoms with van der Waals surface area (Å²) in [4.78, 5) is 29.9. The minimum atomic E-state index is -0.321. The molecule has 7 nitrogen and oxygen atoms in total. The molecule has 36 heavy (non-hydrogen) atoms. The van der Waals surface area contributed by atoms with Crippen LogP contribution in [0.2, 0.25) is 5.02 Å². The molecule has 3 amide bonds. The number of thiazole rings is 1. The zero-order valence-corrected chi connectivity index (χ0v) is 22.0. The number of nitrogens with zero attached hydrogens (tertiary/aromatic N) is 1. The first-order valence-electron chi connectivity index (χ1n) is 12.2. The smallest absolute Gasteiger partial charge is 0.319 e. The van der Waals surface area contributed by atoms with E-state index in [0.29, 0.717) is 28.9 Å². The molecule has 1 aromatic heterocycles. The molecular formula is C27H31ClN4O3S. The van der Waals surface area contributed by atoms with Gasteiger partial charge in [-0.3, -0.25) is 4.79 Å². The van der Waals surface area contributed by atoms with E-state index in [2.05, 4.69) is 46.9 Å². The fourth-order valence-corrected chi connectivity index (χ4v) is 5.07. The lowest BCUT2D eigenvalue weighted by molar-refractivity contribution is 0.0911. The zero-order chi connectivity index (χ0) is 25.5. The molecule has 0 bridgehead atoms. The molecule has 1 saturated carbocycles. The van der Waals surface area contributed by atoms with Crippen LogP contribution >= 0.6 is 22.9 Å². The number of hydrogen-bond donors (Lipinski definition) is 3. The summed E-state index contributed by atoms with van der Waals surface area (Å²) in [7, 11) is 0. The van der Waals surface area contributed by atoms with Gasteiger partial charge in [-0.25, -0.2) is 9.78 Å². The second kappa shape index (κ2) is 12.2. The number of halogens is 1. The summed E-state index contributed by atoms with van der Waals surface area (Å²) in [5.74, 6) is 0.996. The number of nitrogens with one attached hydrogen (secondary N) is 3. The lowest BCUT2D eigenvalue weighted by Gasteiger charge is -2.32. The SMILES string of the molecule is CC(C)c1ccc(OCc2nc(C(=O)N[C@@H]3CCCC[C@H]3NC(=O)Nc3cccc(Cl)c3)cs2)cc1. The van der Waals surface area contributed by atoms with Crippen LogP contribution < -0.4 is 20.7 Å². The van der Waals surface area contributed by atoms with Crippen LogP contribution in [0.4, 0.5) is 10.5 Å². The number of aromatic nitrogens is 1. The molecule has 0 saturated heterocycles. The van der Waals surface area contributed by atoms with E-state index < -0.39 is 0 Å². The number of rotatable bonds is 8. The quantitative estimate of drug-likeness (QED) is 0.318. The van der Waals surface area contributed by atoms with Crippen molar-refractivity contribution >= 4 is 40.6 Å². The van der Waals surface area contributed by atoms with E-state index >= 15 is 0 Å². The first kappa shape index (κ1) is 26.0. The van der Waals surface area contributed by atoms with E-state index in [1.54, 1.807) is 29.6 Å². The number of ether oxygens (including phenoxy) is 1. The lowest BCUT2D eigenvalue weighted by Crippen LogP contribution is -2.54. The van der Waals surface area contributed by atoms with Crippen molar-refractivity contribution < 1.29 is 14.3 Å². The third-order valence-corrected chi connectivity index (χ3v) is 7.23. The predicted molar refractivity (Wildman–Crippen MR) is 144 cm³/mol. The highest BCUT2D eigenvalue weighted by molar-refractivity contribution is 7.09. The van der Waals surface area contributed by atoms with Gasteiger partial charge in [0.1, 0.15) is 23.1 Å². The van der Waals surface area contributed by atoms with Gasteiger partial charge in [0.15, 0.2) is 0 Å². The van der Waals surface area contributed by atoms with Crippen LogP contribution in [0, 0.1) is 0 Å². The molecule has 0 unspecified atom stereocenters. The average Bonchev–Trinajstić information content (AvgIpc) is 3.33.